The molecule has 1 aliphatic carbocycles. The minimum absolute atomic E-state index is 0.206. The second kappa shape index (κ2) is 7.91. The molecule has 2 aromatic carbocycles. The van der Waals surface area contributed by atoms with Crippen molar-refractivity contribution in [2.45, 2.75) is 50.7 Å². The number of nitrogens with one attached hydrogen (secondary N) is 2. The van der Waals surface area contributed by atoms with Gasteiger partial charge in [0.05, 0.1) is 5.54 Å². The molecule has 2 aliphatic heterocycles. The van der Waals surface area contributed by atoms with Crippen LogP contribution in [-0.2, 0) is 21.7 Å². The molecule has 2 N–H and O–H groups in total. The van der Waals surface area contributed by atoms with Crippen LogP contribution in [0.4, 0.5) is 6.01 Å². The lowest BCUT2D eigenvalue weighted by Crippen LogP contribution is -2.52. The summed E-state index contributed by atoms with van der Waals surface area (Å²) in [5.41, 5.74) is 3.51. The van der Waals surface area contributed by atoms with E-state index in [-0.39, 0.29) is 24.8 Å². The summed E-state index contributed by atoms with van der Waals surface area (Å²) in [5.74, 6) is -0.591. The number of aryl methyl sites for hydroxylation is 1. The number of hydrogen-bond donors (Lipinski definition) is 2. The highest BCUT2D eigenvalue weighted by Crippen LogP contribution is 2.50. The average molecular weight is 492 g/mol. The van der Waals surface area contributed by atoms with Crippen LogP contribution in [0.1, 0.15) is 52.7 Å². The fourth-order valence-electron chi connectivity index (χ4n) is 4.88. The molecule has 3 amide bonds. The number of nitrogens with zero attached hydrogens (tertiary/aromatic N) is 3. The second-order valence-corrected chi connectivity index (χ2v) is 9.78. The van der Waals surface area contributed by atoms with Crippen molar-refractivity contribution >= 4 is 35.3 Å². The molecule has 35 heavy (non-hydrogen) atoms. The number of carbonyl (C=O) groups is 3. The number of halogens is 1. The van der Waals surface area contributed by atoms with E-state index in [1.807, 2.05) is 43.3 Å². The predicted octanol–water partition coefficient (Wildman–Crippen LogP) is 3.56. The van der Waals surface area contributed by atoms with Crippen LogP contribution in [0.5, 0.6) is 0 Å². The molecule has 3 aromatic rings. The van der Waals surface area contributed by atoms with Gasteiger partial charge in [0.25, 0.3) is 5.91 Å². The van der Waals surface area contributed by atoms with E-state index < -0.39 is 17.5 Å². The van der Waals surface area contributed by atoms with Crippen molar-refractivity contribution in [1.82, 2.24) is 20.4 Å². The molecule has 1 saturated carbocycles. The number of fused-ring (bicyclic) bond motifs is 1. The van der Waals surface area contributed by atoms with E-state index in [1.165, 1.54) is 4.90 Å². The van der Waals surface area contributed by atoms with Crippen molar-refractivity contribution in [3.05, 3.63) is 63.7 Å². The van der Waals surface area contributed by atoms with Gasteiger partial charge in [0, 0.05) is 34.7 Å². The quantitative estimate of drug-likeness (QED) is 0.524. The monoisotopic (exact) mass is 491 g/mol. The maximum atomic E-state index is 13.3. The molecule has 0 spiro atoms. The Kier molecular flexibility index (Phi) is 4.93. The maximum absolute atomic E-state index is 13.3. The normalized spacial score (nSPS) is 20.6. The van der Waals surface area contributed by atoms with Gasteiger partial charge in [0.2, 0.25) is 17.7 Å². The third kappa shape index (κ3) is 3.76. The van der Waals surface area contributed by atoms with Crippen LogP contribution in [0.3, 0.4) is 0 Å². The van der Waals surface area contributed by atoms with Gasteiger partial charge in [0.15, 0.2) is 0 Å². The van der Waals surface area contributed by atoms with Gasteiger partial charge in [-0.15, -0.1) is 5.10 Å². The number of aromatic nitrogens is 2. The lowest BCUT2D eigenvalue weighted by atomic mass is 9.99. The zero-order valence-electron chi connectivity index (χ0n) is 18.9. The third-order valence-corrected chi connectivity index (χ3v) is 7.28. The van der Waals surface area contributed by atoms with Crippen LogP contribution >= 0.6 is 11.6 Å². The van der Waals surface area contributed by atoms with Crippen molar-refractivity contribution in [3.63, 3.8) is 0 Å². The first-order valence-corrected chi connectivity index (χ1v) is 11.9. The van der Waals surface area contributed by atoms with Crippen molar-refractivity contribution in [1.29, 1.82) is 0 Å². The molecule has 2 fully saturated rings. The van der Waals surface area contributed by atoms with E-state index in [0.717, 1.165) is 29.5 Å². The number of imide groups is 1. The summed E-state index contributed by atoms with van der Waals surface area (Å²) >= 11 is 6.63. The SMILES string of the molecule is Cc1cccc(-c2nnc(NC3(c4cc(Cl)c5c(c4)C(=O)N(C4CCC(=O)NC4=O)C5)CC3)o2)c1. The highest BCUT2D eigenvalue weighted by atomic mass is 35.5. The molecular formula is C25H22ClN5O4. The fraction of sp³-hybridized carbons (Fsp3) is 0.320. The lowest BCUT2D eigenvalue weighted by Gasteiger charge is -2.29. The zero-order valence-corrected chi connectivity index (χ0v) is 19.7. The maximum Gasteiger partial charge on any atom is 0.316 e. The van der Waals surface area contributed by atoms with Gasteiger partial charge >= 0.3 is 6.01 Å². The largest absolute Gasteiger partial charge is 0.403 e. The molecule has 3 aliphatic rings. The number of piperidine rings is 1. The first-order chi connectivity index (χ1) is 16.8. The summed E-state index contributed by atoms with van der Waals surface area (Å²) < 4.78 is 5.87. The average Bonchev–Trinajstić information content (AvgIpc) is 3.32. The van der Waals surface area contributed by atoms with Gasteiger partial charge < -0.3 is 14.6 Å². The molecule has 3 heterocycles. The Hall–Kier alpha value is -3.72. The minimum Gasteiger partial charge on any atom is -0.403 e. The van der Waals surface area contributed by atoms with Gasteiger partial charge in [-0.25, -0.2) is 0 Å². The van der Waals surface area contributed by atoms with Gasteiger partial charge in [-0.05, 0) is 56.0 Å². The van der Waals surface area contributed by atoms with Crippen LogP contribution in [0, 0.1) is 6.92 Å². The Balaban J connectivity index is 1.25. The van der Waals surface area contributed by atoms with Gasteiger partial charge in [0.1, 0.15) is 6.04 Å². The van der Waals surface area contributed by atoms with Gasteiger partial charge in [-0.3, -0.25) is 19.7 Å². The van der Waals surface area contributed by atoms with Crippen LogP contribution in [0.15, 0.2) is 40.8 Å². The molecule has 10 heteroatoms. The topological polar surface area (TPSA) is 117 Å². The Bertz CT molecular complexity index is 1400. The summed E-state index contributed by atoms with van der Waals surface area (Å²) in [6.07, 6.45) is 2.14. The summed E-state index contributed by atoms with van der Waals surface area (Å²) in [5, 5.41) is 14.5. The Morgan fingerprint density at radius 2 is 2.00 bits per heavy atom. The number of anilines is 1. The van der Waals surface area contributed by atoms with Crippen molar-refractivity contribution < 1.29 is 18.8 Å². The highest BCUT2D eigenvalue weighted by Gasteiger charge is 2.48. The van der Waals surface area contributed by atoms with Crippen LogP contribution in [-0.4, -0.2) is 38.9 Å². The molecule has 1 saturated heterocycles. The number of benzene rings is 2. The van der Waals surface area contributed by atoms with Crippen LogP contribution < -0.4 is 10.6 Å². The first-order valence-electron chi connectivity index (χ1n) is 11.5. The summed E-state index contributed by atoms with van der Waals surface area (Å²) in [7, 11) is 0. The number of amides is 3. The molecular weight excluding hydrogens is 470 g/mol. The van der Waals surface area contributed by atoms with E-state index in [1.54, 1.807) is 0 Å². The second-order valence-electron chi connectivity index (χ2n) is 9.37. The smallest absolute Gasteiger partial charge is 0.316 e. The van der Waals surface area contributed by atoms with Crippen LogP contribution in [0.2, 0.25) is 5.02 Å². The molecule has 0 radical (unpaired) electrons. The molecule has 0 bridgehead atoms. The number of carbonyl (C=O) groups excluding carboxylic acids is 3. The third-order valence-electron chi connectivity index (χ3n) is 6.94. The Morgan fingerprint density at radius 1 is 1.17 bits per heavy atom. The lowest BCUT2D eigenvalue weighted by molar-refractivity contribution is -0.136. The fourth-order valence-corrected chi connectivity index (χ4v) is 5.16. The minimum atomic E-state index is -0.682. The van der Waals surface area contributed by atoms with E-state index in [4.69, 9.17) is 16.0 Å². The van der Waals surface area contributed by atoms with Crippen LogP contribution in [0.25, 0.3) is 11.5 Å². The van der Waals surface area contributed by atoms with Crippen molar-refractivity contribution in [2.75, 3.05) is 5.32 Å². The standard InChI is InChI=1S/C25H22ClN5O4/c1-13-3-2-4-14(9-13)22-29-30-24(35-22)28-25(7-8-25)15-10-16-17(18(26)11-15)12-31(23(16)34)19-5-6-20(32)27-21(19)33/h2-4,9-11,19H,5-8,12H2,1H3,(H,28,30)(H,27,32,33). The Labute approximate surface area is 205 Å². The highest BCUT2D eigenvalue weighted by molar-refractivity contribution is 6.32. The number of hydrogen-bond acceptors (Lipinski definition) is 7. The van der Waals surface area contributed by atoms with Crippen molar-refractivity contribution in [3.8, 4) is 11.5 Å². The number of rotatable bonds is 5. The zero-order chi connectivity index (χ0) is 24.3. The first kappa shape index (κ1) is 21.8. The molecule has 6 rings (SSSR count). The van der Waals surface area contributed by atoms with E-state index in [0.29, 0.717) is 34.5 Å². The van der Waals surface area contributed by atoms with E-state index in [9.17, 15) is 14.4 Å². The Morgan fingerprint density at radius 3 is 2.74 bits per heavy atom. The molecule has 1 atom stereocenters. The van der Waals surface area contributed by atoms with E-state index >= 15 is 0 Å². The van der Waals surface area contributed by atoms with Crippen molar-refractivity contribution in [2.24, 2.45) is 0 Å². The summed E-state index contributed by atoms with van der Waals surface area (Å²) in [6, 6.07) is 11.1. The van der Waals surface area contributed by atoms with Gasteiger partial charge in [-0.1, -0.05) is 34.4 Å². The summed E-state index contributed by atoms with van der Waals surface area (Å²) in [6.45, 7) is 2.24. The molecule has 9 nitrogen and oxygen atoms in total. The summed E-state index contributed by atoms with van der Waals surface area (Å²) in [4.78, 5) is 38.6. The molecule has 1 aromatic heterocycles. The van der Waals surface area contributed by atoms with E-state index in [2.05, 4.69) is 20.8 Å². The predicted molar refractivity (Wildman–Crippen MR) is 127 cm³/mol. The molecule has 1 unspecified atom stereocenters. The molecule has 178 valence electrons. The van der Waals surface area contributed by atoms with Gasteiger partial charge in [-0.2, -0.15) is 0 Å².